The Morgan fingerprint density at radius 1 is 1.30 bits per heavy atom. The molecule has 0 saturated heterocycles. The van der Waals surface area contributed by atoms with Crippen molar-refractivity contribution >= 4 is 21.9 Å². The molecule has 2 aliphatic carbocycles. The minimum absolute atomic E-state index is 0.160. The summed E-state index contributed by atoms with van der Waals surface area (Å²) in [5, 5.41) is 12.0. The first-order valence-electron chi connectivity index (χ1n) is 11.2. The second kappa shape index (κ2) is 8.22. The Bertz CT molecular complexity index is 853. The number of hydrogen-bond donors (Lipinski definition) is 1. The van der Waals surface area contributed by atoms with E-state index in [2.05, 4.69) is 42.8 Å². The third-order valence-electron chi connectivity index (χ3n) is 7.42. The summed E-state index contributed by atoms with van der Waals surface area (Å²) in [4.78, 5) is 13.0. The first-order valence-corrected chi connectivity index (χ1v) is 12.4. The van der Waals surface area contributed by atoms with Gasteiger partial charge in [-0.3, -0.25) is 4.79 Å². The van der Waals surface area contributed by atoms with Gasteiger partial charge in [-0.05, 0) is 77.0 Å². The quantitative estimate of drug-likeness (QED) is 0.231. The zero-order valence-corrected chi connectivity index (χ0v) is 19.9. The molecule has 0 unspecified atom stereocenters. The summed E-state index contributed by atoms with van der Waals surface area (Å²) in [6, 6.07) is 3.82. The van der Waals surface area contributed by atoms with Crippen molar-refractivity contribution in [3.05, 3.63) is 34.9 Å². The molecule has 1 aliphatic heterocycles. The van der Waals surface area contributed by atoms with Crippen LogP contribution in [-0.4, -0.2) is 28.6 Å². The zero-order chi connectivity index (χ0) is 21.5. The number of ether oxygens (including phenoxy) is 2. The molecule has 0 radical (unpaired) electrons. The number of carbonyl (C=O) groups excluding carboxylic acids is 1. The maximum Gasteiger partial charge on any atom is 0.316 e. The van der Waals surface area contributed by atoms with Crippen LogP contribution in [0.3, 0.4) is 0 Å². The summed E-state index contributed by atoms with van der Waals surface area (Å²) in [5.74, 6) is 1.43. The van der Waals surface area contributed by atoms with Gasteiger partial charge >= 0.3 is 5.97 Å². The van der Waals surface area contributed by atoms with Gasteiger partial charge < -0.3 is 14.6 Å². The summed E-state index contributed by atoms with van der Waals surface area (Å²) in [5.41, 5.74) is 2.16. The second-order valence-corrected chi connectivity index (χ2v) is 10.6. The highest BCUT2D eigenvalue weighted by Crippen LogP contribution is 2.56. The van der Waals surface area contributed by atoms with Gasteiger partial charge in [0.05, 0.1) is 12.0 Å². The molecule has 1 saturated carbocycles. The van der Waals surface area contributed by atoms with E-state index in [9.17, 15) is 9.90 Å². The van der Waals surface area contributed by atoms with E-state index in [1.165, 1.54) is 5.57 Å². The number of alkyl halides is 1. The van der Waals surface area contributed by atoms with Gasteiger partial charge in [-0.1, -0.05) is 34.0 Å². The summed E-state index contributed by atoms with van der Waals surface area (Å²) in [6.45, 7) is 6.90. The number of aromatic hydroxyl groups is 1. The molecule has 4 rings (SSSR count). The van der Waals surface area contributed by atoms with Gasteiger partial charge in [-0.15, -0.1) is 0 Å². The molecule has 3 aliphatic rings. The Morgan fingerprint density at radius 3 is 2.73 bits per heavy atom. The number of phenolic OH excluding ortho intramolecular Hbond substituents is 1. The molecule has 0 amide bonds. The van der Waals surface area contributed by atoms with Crippen LogP contribution in [-0.2, 0) is 14.9 Å². The van der Waals surface area contributed by atoms with E-state index in [0.29, 0.717) is 12.5 Å². The Hall–Kier alpha value is -1.49. The number of fused-ring (bicyclic) bond motifs is 3. The van der Waals surface area contributed by atoms with Gasteiger partial charge in [0, 0.05) is 22.7 Å². The fourth-order valence-corrected chi connectivity index (χ4v) is 5.88. The Morgan fingerprint density at radius 2 is 2.07 bits per heavy atom. The molecular weight excluding hydrogens is 444 g/mol. The number of benzene rings is 1. The van der Waals surface area contributed by atoms with Crippen molar-refractivity contribution in [2.24, 2.45) is 5.92 Å². The molecule has 1 fully saturated rings. The van der Waals surface area contributed by atoms with Gasteiger partial charge in [-0.25, -0.2) is 0 Å². The van der Waals surface area contributed by atoms with Crippen LogP contribution in [0.1, 0.15) is 82.8 Å². The number of carbonyl (C=O) groups is 1. The number of esters is 1. The third kappa shape index (κ3) is 3.68. The minimum Gasteiger partial charge on any atom is -0.508 e. The molecule has 2 atom stereocenters. The molecule has 0 spiro atoms. The van der Waals surface area contributed by atoms with Gasteiger partial charge in [0.1, 0.15) is 17.1 Å². The van der Waals surface area contributed by atoms with Crippen LogP contribution in [0, 0.1) is 5.92 Å². The molecule has 0 aromatic heterocycles. The lowest BCUT2D eigenvalue weighted by atomic mass is 9.63. The number of phenols is 1. The van der Waals surface area contributed by atoms with Crippen LogP contribution in [0.2, 0.25) is 0 Å². The van der Waals surface area contributed by atoms with Crippen molar-refractivity contribution in [3.8, 4) is 11.5 Å². The predicted molar refractivity (Wildman–Crippen MR) is 122 cm³/mol. The van der Waals surface area contributed by atoms with E-state index in [4.69, 9.17) is 9.47 Å². The van der Waals surface area contributed by atoms with Crippen molar-refractivity contribution in [1.82, 2.24) is 0 Å². The first kappa shape index (κ1) is 21.7. The molecule has 1 aromatic carbocycles. The van der Waals surface area contributed by atoms with Gasteiger partial charge in [0.2, 0.25) is 0 Å². The number of unbranched alkanes of at least 4 members (excludes halogenated alkanes) is 1. The summed E-state index contributed by atoms with van der Waals surface area (Å²) < 4.78 is 12.1. The number of hydrogen-bond acceptors (Lipinski definition) is 4. The van der Waals surface area contributed by atoms with Crippen molar-refractivity contribution in [2.45, 2.75) is 82.7 Å². The van der Waals surface area contributed by atoms with Crippen LogP contribution >= 0.6 is 15.9 Å². The smallest absolute Gasteiger partial charge is 0.316 e. The van der Waals surface area contributed by atoms with Crippen molar-refractivity contribution < 1.29 is 19.4 Å². The topological polar surface area (TPSA) is 55.8 Å². The maximum absolute atomic E-state index is 13.0. The van der Waals surface area contributed by atoms with Gasteiger partial charge in [0.25, 0.3) is 0 Å². The number of halogens is 1. The van der Waals surface area contributed by atoms with Crippen LogP contribution in [0.25, 0.3) is 0 Å². The van der Waals surface area contributed by atoms with Crippen LogP contribution < -0.4 is 4.74 Å². The van der Waals surface area contributed by atoms with Crippen molar-refractivity contribution in [2.75, 3.05) is 11.9 Å². The third-order valence-corrected chi connectivity index (χ3v) is 7.98. The standard InChI is InChI=1S/C25H33BrO4/c1-16-7-8-19-18(13-16)22-20(27)14-17(15-21(22)30-24(19,2)3)25(9-6-10-25)23(28)29-12-5-4-11-26/h7,14-15,18-19,27H,4-6,8-13H2,1-3H3/t18-,19-/m1/s1. The SMILES string of the molecule is CC1=CC[C@@H]2[C@@H](C1)c1c(O)cc(C3(C(=O)OCCCCBr)CCC3)cc1OC2(C)C. The largest absolute Gasteiger partial charge is 0.508 e. The number of allylic oxidation sites excluding steroid dienone is 2. The van der Waals surface area contributed by atoms with E-state index < -0.39 is 5.41 Å². The maximum atomic E-state index is 13.0. The van der Waals surface area contributed by atoms with Crippen molar-refractivity contribution in [3.63, 3.8) is 0 Å². The Kier molecular flexibility index (Phi) is 5.95. The number of rotatable bonds is 6. The fraction of sp³-hybridized carbons (Fsp3) is 0.640. The Labute approximate surface area is 188 Å². The first-order chi connectivity index (χ1) is 14.3. The van der Waals surface area contributed by atoms with Gasteiger partial charge in [-0.2, -0.15) is 0 Å². The van der Waals surface area contributed by atoms with E-state index in [1.807, 2.05) is 12.1 Å². The normalized spacial score (nSPS) is 25.8. The highest BCUT2D eigenvalue weighted by molar-refractivity contribution is 9.09. The van der Waals surface area contributed by atoms with E-state index in [1.54, 1.807) is 0 Å². The van der Waals surface area contributed by atoms with Crippen LogP contribution in [0.15, 0.2) is 23.8 Å². The molecule has 0 bridgehead atoms. The van der Waals surface area contributed by atoms with E-state index in [-0.39, 0.29) is 23.2 Å². The molecule has 4 nitrogen and oxygen atoms in total. The molecule has 30 heavy (non-hydrogen) atoms. The average molecular weight is 477 g/mol. The minimum atomic E-state index is -0.645. The monoisotopic (exact) mass is 476 g/mol. The van der Waals surface area contributed by atoms with E-state index >= 15 is 0 Å². The predicted octanol–water partition coefficient (Wildman–Crippen LogP) is 6.14. The zero-order valence-electron chi connectivity index (χ0n) is 18.3. The summed E-state index contributed by atoms with van der Waals surface area (Å²) >= 11 is 3.41. The lowest BCUT2D eigenvalue weighted by Gasteiger charge is -2.48. The summed E-state index contributed by atoms with van der Waals surface area (Å²) in [7, 11) is 0. The fourth-order valence-electron chi connectivity index (χ4n) is 5.48. The molecule has 164 valence electrons. The van der Waals surface area contributed by atoms with Crippen molar-refractivity contribution in [1.29, 1.82) is 0 Å². The highest BCUT2D eigenvalue weighted by atomic mass is 79.9. The highest BCUT2D eigenvalue weighted by Gasteiger charge is 2.50. The second-order valence-electron chi connectivity index (χ2n) is 9.78. The Balaban J connectivity index is 1.66. The van der Waals surface area contributed by atoms with Crippen LogP contribution in [0.4, 0.5) is 0 Å². The van der Waals surface area contributed by atoms with Gasteiger partial charge in [0.15, 0.2) is 0 Å². The summed E-state index contributed by atoms with van der Waals surface area (Å²) in [6.07, 6.45) is 8.58. The van der Waals surface area contributed by atoms with Crippen LogP contribution in [0.5, 0.6) is 11.5 Å². The average Bonchev–Trinajstić information content (AvgIpc) is 2.63. The lowest BCUT2D eigenvalue weighted by Crippen LogP contribution is -2.46. The molecule has 5 heteroatoms. The molecule has 1 aromatic rings. The lowest BCUT2D eigenvalue weighted by molar-refractivity contribution is -0.154. The molecule has 1 N–H and O–H groups in total. The molecular formula is C25H33BrO4. The molecule has 1 heterocycles. The van der Waals surface area contributed by atoms with E-state index in [0.717, 1.165) is 67.2 Å².